The lowest BCUT2D eigenvalue weighted by molar-refractivity contribution is -0.141. The van der Waals surface area contributed by atoms with Crippen molar-refractivity contribution in [2.75, 3.05) is 20.8 Å². The van der Waals surface area contributed by atoms with Gasteiger partial charge in [0.05, 0.1) is 24.6 Å². The van der Waals surface area contributed by atoms with Crippen LogP contribution in [-0.4, -0.2) is 31.8 Å². The summed E-state index contributed by atoms with van der Waals surface area (Å²) in [4.78, 5) is 11.1. The SMILES string of the molecule is COc1cc(C)c(OC)c(Br)c1C1CC(C(=O)O)CN1. The van der Waals surface area contributed by atoms with E-state index in [0.717, 1.165) is 27.1 Å². The normalized spacial score (nSPS) is 21.8. The van der Waals surface area contributed by atoms with E-state index in [1.54, 1.807) is 14.2 Å². The van der Waals surface area contributed by atoms with E-state index < -0.39 is 5.97 Å². The number of hydrogen-bond donors (Lipinski definition) is 2. The molecule has 5 nitrogen and oxygen atoms in total. The van der Waals surface area contributed by atoms with E-state index in [9.17, 15) is 4.79 Å². The van der Waals surface area contributed by atoms with Crippen molar-refractivity contribution in [1.29, 1.82) is 0 Å². The van der Waals surface area contributed by atoms with Crippen molar-refractivity contribution in [2.45, 2.75) is 19.4 Å². The molecule has 1 aliphatic rings. The van der Waals surface area contributed by atoms with Crippen molar-refractivity contribution in [3.8, 4) is 11.5 Å². The Morgan fingerprint density at radius 2 is 2.15 bits per heavy atom. The molecule has 1 heterocycles. The highest BCUT2D eigenvalue weighted by molar-refractivity contribution is 9.10. The van der Waals surface area contributed by atoms with Gasteiger partial charge in [0.15, 0.2) is 0 Å². The monoisotopic (exact) mass is 343 g/mol. The molecule has 0 bridgehead atoms. The summed E-state index contributed by atoms with van der Waals surface area (Å²) in [6, 6.07) is 1.85. The predicted octanol–water partition coefficient (Wildman–Crippen LogP) is 2.51. The van der Waals surface area contributed by atoms with Crippen LogP contribution in [0, 0.1) is 12.8 Å². The van der Waals surface area contributed by atoms with Gasteiger partial charge in [-0.1, -0.05) is 0 Å². The molecule has 20 heavy (non-hydrogen) atoms. The first-order valence-electron chi connectivity index (χ1n) is 6.36. The summed E-state index contributed by atoms with van der Waals surface area (Å²) in [7, 11) is 3.23. The Hall–Kier alpha value is -1.27. The third-order valence-corrected chi connectivity index (χ3v) is 4.45. The van der Waals surface area contributed by atoms with E-state index in [4.69, 9.17) is 14.6 Å². The second kappa shape index (κ2) is 6.01. The van der Waals surface area contributed by atoms with Gasteiger partial charge in [-0.05, 0) is 40.9 Å². The van der Waals surface area contributed by atoms with Crippen LogP contribution in [-0.2, 0) is 4.79 Å². The molecule has 0 aromatic heterocycles. The number of carboxylic acids is 1. The number of rotatable bonds is 4. The van der Waals surface area contributed by atoms with E-state index in [-0.39, 0.29) is 12.0 Å². The number of methoxy groups -OCH3 is 2. The minimum absolute atomic E-state index is 0.0603. The molecule has 110 valence electrons. The molecule has 0 saturated carbocycles. The third kappa shape index (κ3) is 2.62. The molecule has 1 aliphatic heterocycles. The number of ether oxygens (including phenoxy) is 2. The van der Waals surface area contributed by atoms with Gasteiger partial charge in [0.1, 0.15) is 11.5 Å². The van der Waals surface area contributed by atoms with Crippen molar-refractivity contribution in [2.24, 2.45) is 5.92 Å². The molecule has 1 saturated heterocycles. The van der Waals surface area contributed by atoms with Gasteiger partial charge in [0, 0.05) is 18.2 Å². The summed E-state index contributed by atoms with van der Waals surface area (Å²) in [5.74, 6) is 0.346. The predicted molar refractivity (Wildman–Crippen MR) is 78.5 cm³/mol. The number of carbonyl (C=O) groups is 1. The highest BCUT2D eigenvalue weighted by Gasteiger charge is 2.33. The lowest BCUT2D eigenvalue weighted by atomic mass is 9.98. The second-order valence-corrected chi connectivity index (χ2v) is 5.68. The number of benzene rings is 1. The van der Waals surface area contributed by atoms with Crippen LogP contribution in [0.15, 0.2) is 10.5 Å². The van der Waals surface area contributed by atoms with Crippen molar-refractivity contribution in [3.05, 3.63) is 21.7 Å². The van der Waals surface area contributed by atoms with Crippen LogP contribution in [0.2, 0.25) is 0 Å². The molecular formula is C14H18BrNO4. The maximum Gasteiger partial charge on any atom is 0.307 e. The molecule has 2 unspecified atom stereocenters. The Morgan fingerprint density at radius 1 is 1.45 bits per heavy atom. The zero-order valence-electron chi connectivity index (χ0n) is 11.7. The average molecular weight is 344 g/mol. The largest absolute Gasteiger partial charge is 0.496 e. The van der Waals surface area contributed by atoms with Gasteiger partial charge in [-0.2, -0.15) is 0 Å². The Labute approximate surface area is 126 Å². The lowest BCUT2D eigenvalue weighted by Crippen LogP contribution is -2.18. The maximum atomic E-state index is 11.1. The van der Waals surface area contributed by atoms with Gasteiger partial charge < -0.3 is 19.9 Å². The van der Waals surface area contributed by atoms with E-state index in [1.807, 2.05) is 13.0 Å². The molecular weight excluding hydrogens is 326 g/mol. The summed E-state index contributed by atoms with van der Waals surface area (Å²) in [6.45, 7) is 2.41. The van der Waals surface area contributed by atoms with Crippen LogP contribution in [0.25, 0.3) is 0 Å². The summed E-state index contributed by atoms with van der Waals surface area (Å²) >= 11 is 3.56. The minimum Gasteiger partial charge on any atom is -0.496 e. The fourth-order valence-electron chi connectivity index (χ4n) is 2.63. The quantitative estimate of drug-likeness (QED) is 0.879. The van der Waals surface area contributed by atoms with Gasteiger partial charge in [-0.15, -0.1) is 0 Å². The summed E-state index contributed by atoms with van der Waals surface area (Å²) < 4.78 is 11.7. The Morgan fingerprint density at radius 3 is 2.65 bits per heavy atom. The summed E-state index contributed by atoms with van der Waals surface area (Å²) in [6.07, 6.45) is 0.538. The Balaban J connectivity index is 2.43. The fraction of sp³-hybridized carbons (Fsp3) is 0.500. The smallest absolute Gasteiger partial charge is 0.307 e. The highest BCUT2D eigenvalue weighted by Crippen LogP contribution is 2.44. The van der Waals surface area contributed by atoms with Gasteiger partial charge in [-0.25, -0.2) is 0 Å². The van der Waals surface area contributed by atoms with Crippen LogP contribution in [0.1, 0.15) is 23.6 Å². The highest BCUT2D eigenvalue weighted by atomic mass is 79.9. The van der Waals surface area contributed by atoms with E-state index in [2.05, 4.69) is 21.2 Å². The van der Waals surface area contributed by atoms with Crippen LogP contribution in [0.5, 0.6) is 11.5 Å². The zero-order chi connectivity index (χ0) is 14.9. The minimum atomic E-state index is -0.769. The molecule has 6 heteroatoms. The summed E-state index contributed by atoms with van der Waals surface area (Å²) in [5.41, 5.74) is 1.88. The van der Waals surface area contributed by atoms with Gasteiger partial charge in [-0.3, -0.25) is 4.79 Å². The average Bonchev–Trinajstić information content (AvgIpc) is 2.87. The van der Waals surface area contributed by atoms with Crippen LogP contribution >= 0.6 is 15.9 Å². The van der Waals surface area contributed by atoms with E-state index in [0.29, 0.717) is 13.0 Å². The molecule has 1 aromatic rings. The van der Waals surface area contributed by atoms with Crippen LogP contribution in [0.3, 0.4) is 0 Å². The molecule has 0 radical (unpaired) electrons. The Bertz CT molecular complexity index is 532. The molecule has 0 aliphatic carbocycles. The first-order chi connectivity index (χ1) is 9.49. The second-order valence-electron chi connectivity index (χ2n) is 4.89. The van der Waals surface area contributed by atoms with E-state index >= 15 is 0 Å². The van der Waals surface area contributed by atoms with Gasteiger partial charge in [0.25, 0.3) is 0 Å². The summed E-state index contributed by atoms with van der Waals surface area (Å²) in [5, 5.41) is 12.4. The topological polar surface area (TPSA) is 67.8 Å². The zero-order valence-corrected chi connectivity index (χ0v) is 13.3. The standard InChI is InChI=1S/C14H18BrNO4/c1-7-4-10(19-2)11(12(15)13(7)20-3)9-5-8(6-16-9)14(17)18/h4,8-9,16H,5-6H2,1-3H3,(H,17,18). The molecule has 0 amide bonds. The number of carboxylic acid groups (broad SMARTS) is 1. The number of aryl methyl sites for hydroxylation is 1. The Kier molecular flexibility index (Phi) is 4.55. The molecule has 2 N–H and O–H groups in total. The maximum absolute atomic E-state index is 11.1. The van der Waals surface area contributed by atoms with Crippen molar-refractivity contribution in [3.63, 3.8) is 0 Å². The fourth-order valence-corrected chi connectivity index (χ4v) is 3.58. The number of nitrogens with one attached hydrogen (secondary N) is 1. The lowest BCUT2D eigenvalue weighted by Gasteiger charge is -2.20. The third-order valence-electron chi connectivity index (χ3n) is 3.66. The number of aliphatic carboxylic acids is 1. The van der Waals surface area contributed by atoms with Gasteiger partial charge >= 0.3 is 5.97 Å². The first-order valence-corrected chi connectivity index (χ1v) is 7.16. The number of hydrogen-bond acceptors (Lipinski definition) is 4. The van der Waals surface area contributed by atoms with E-state index in [1.165, 1.54) is 0 Å². The number of halogens is 1. The molecule has 2 atom stereocenters. The molecule has 1 aromatic carbocycles. The molecule has 1 fully saturated rings. The van der Waals surface area contributed by atoms with Crippen LogP contribution in [0.4, 0.5) is 0 Å². The molecule has 2 rings (SSSR count). The molecule has 0 spiro atoms. The first kappa shape index (κ1) is 15.1. The van der Waals surface area contributed by atoms with Crippen molar-refractivity contribution in [1.82, 2.24) is 5.32 Å². The van der Waals surface area contributed by atoms with Crippen molar-refractivity contribution >= 4 is 21.9 Å². The van der Waals surface area contributed by atoms with Crippen molar-refractivity contribution < 1.29 is 19.4 Å². The van der Waals surface area contributed by atoms with Gasteiger partial charge in [0.2, 0.25) is 0 Å². The van der Waals surface area contributed by atoms with Crippen LogP contribution < -0.4 is 14.8 Å².